The van der Waals surface area contributed by atoms with Crippen LogP contribution in [0.25, 0.3) is 17.0 Å². The number of amides is 1. The third-order valence-electron chi connectivity index (χ3n) is 4.55. The van der Waals surface area contributed by atoms with Crippen molar-refractivity contribution in [3.05, 3.63) is 77.6 Å². The number of nitrogens with zero attached hydrogens (tertiary/aromatic N) is 4. The summed E-state index contributed by atoms with van der Waals surface area (Å²) in [4.78, 5) is 23.7. The molecule has 0 unspecified atom stereocenters. The van der Waals surface area contributed by atoms with Crippen molar-refractivity contribution < 1.29 is 23.5 Å². The van der Waals surface area contributed by atoms with E-state index in [0.717, 1.165) is 0 Å². The number of esters is 1. The minimum atomic E-state index is -0.467. The number of hydrogen-bond acceptors (Lipinski definition) is 7. The highest BCUT2D eigenvalue weighted by atomic mass is 19.1. The van der Waals surface area contributed by atoms with E-state index in [1.165, 1.54) is 35.9 Å². The van der Waals surface area contributed by atoms with Crippen molar-refractivity contribution in [1.82, 2.24) is 25.1 Å². The molecule has 0 atom stereocenters. The fraction of sp³-hybridized carbons (Fsp3) is 0.136. The molecule has 0 spiro atoms. The fourth-order valence-corrected chi connectivity index (χ4v) is 2.93. The van der Waals surface area contributed by atoms with E-state index in [0.29, 0.717) is 34.0 Å². The minimum Gasteiger partial charge on any atom is -0.475 e. The summed E-state index contributed by atoms with van der Waals surface area (Å²) in [7, 11) is 1.29. The Hall–Kier alpha value is -4.34. The third kappa shape index (κ3) is 4.53. The van der Waals surface area contributed by atoms with Gasteiger partial charge in [0, 0.05) is 17.2 Å². The molecule has 0 aliphatic rings. The van der Waals surface area contributed by atoms with Gasteiger partial charge in [-0.15, -0.1) is 15.3 Å². The Labute approximate surface area is 181 Å². The Morgan fingerprint density at radius 3 is 2.41 bits per heavy atom. The maximum atomic E-state index is 13.2. The number of carbonyl (C=O) groups is 2. The van der Waals surface area contributed by atoms with Crippen LogP contribution in [0.3, 0.4) is 0 Å². The highest BCUT2D eigenvalue weighted by Crippen LogP contribution is 2.19. The van der Waals surface area contributed by atoms with Crippen LogP contribution in [0.2, 0.25) is 0 Å². The number of aromatic nitrogens is 4. The Kier molecular flexibility index (Phi) is 6.02. The van der Waals surface area contributed by atoms with E-state index in [1.54, 1.807) is 36.4 Å². The second-order valence-corrected chi connectivity index (χ2v) is 6.65. The Bertz CT molecular complexity index is 1260. The van der Waals surface area contributed by atoms with Gasteiger partial charge >= 0.3 is 5.97 Å². The lowest BCUT2D eigenvalue weighted by atomic mass is 10.1. The van der Waals surface area contributed by atoms with Gasteiger partial charge in [0.15, 0.2) is 11.5 Å². The quantitative estimate of drug-likeness (QED) is 0.351. The summed E-state index contributed by atoms with van der Waals surface area (Å²) in [5.41, 5.74) is 1.95. The molecular formula is C22H18FN5O4. The molecule has 4 aromatic rings. The van der Waals surface area contributed by atoms with Crippen LogP contribution in [0.4, 0.5) is 4.39 Å². The lowest BCUT2D eigenvalue weighted by molar-refractivity contribution is 0.0600. The zero-order valence-corrected chi connectivity index (χ0v) is 17.0. The van der Waals surface area contributed by atoms with Gasteiger partial charge in [-0.3, -0.25) is 4.79 Å². The van der Waals surface area contributed by atoms with Crippen LogP contribution in [0.5, 0.6) is 5.88 Å². The molecule has 2 aromatic heterocycles. The monoisotopic (exact) mass is 435 g/mol. The smallest absolute Gasteiger partial charge is 0.337 e. The van der Waals surface area contributed by atoms with Gasteiger partial charge in [-0.2, -0.15) is 4.52 Å². The fourth-order valence-electron chi connectivity index (χ4n) is 2.93. The maximum Gasteiger partial charge on any atom is 0.337 e. The molecule has 4 rings (SSSR count). The van der Waals surface area contributed by atoms with Crippen LogP contribution in [0.15, 0.2) is 60.7 Å². The minimum absolute atomic E-state index is 0.179. The second-order valence-electron chi connectivity index (χ2n) is 6.65. The van der Waals surface area contributed by atoms with Crippen molar-refractivity contribution in [2.24, 2.45) is 0 Å². The van der Waals surface area contributed by atoms with Crippen molar-refractivity contribution in [2.45, 2.75) is 0 Å². The first kappa shape index (κ1) is 20.9. The Morgan fingerprint density at radius 1 is 0.969 bits per heavy atom. The largest absolute Gasteiger partial charge is 0.475 e. The number of halogens is 1. The number of methoxy groups -OCH3 is 1. The highest BCUT2D eigenvalue weighted by molar-refractivity contribution is 5.96. The van der Waals surface area contributed by atoms with Crippen LogP contribution < -0.4 is 10.1 Å². The molecular weight excluding hydrogens is 417 g/mol. The molecule has 32 heavy (non-hydrogen) atoms. The van der Waals surface area contributed by atoms with Crippen LogP contribution in [-0.4, -0.2) is 51.9 Å². The average molecular weight is 435 g/mol. The van der Waals surface area contributed by atoms with Crippen molar-refractivity contribution in [3.63, 3.8) is 0 Å². The molecule has 0 saturated heterocycles. The molecule has 1 N–H and O–H groups in total. The van der Waals surface area contributed by atoms with Crippen molar-refractivity contribution in [1.29, 1.82) is 0 Å². The molecule has 0 bridgehead atoms. The van der Waals surface area contributed by atoms with Gasteiger partial charge in [0.1, 0.15) is 12.4 Å². The first-order valence-corrected chi connectivity index (χ1v) is 9.63. The van der Waals surface area contributed by atoms with Gasteiger partial charge in [0.25, 0.3) is 5.91 Å². The van der Waals surface area contributed by atoms with E-state index >= 15 is 0 Å². The van der Waals surface area contributed by atoms with E-state index in [1.807, 2.05) is 0 Å². The Morgan fingerprint density at radius 2 is 1.69 bits per heavy atom. The van der Waals surface area contributed by atoms with E-state index in [2.05, 4.69) is 25.3 Å². The molecule has 162 valence electrons. The van der Waals surface area contributed by atoms with Crippen LogP contribution in [-0.2, 0) is 4.74 Å². The summed E-state index contributed by atoms with van der Waals surface area (Å²) in [6.07, 6.45) is 0. The standard InChI is InChI=1S/C22H18FN5O4/c1-31-22(30)16-4-2-15(3-5-16)21(29)24-12-13-32-19-11-10-18-25-26-20(28(18)27-19)14-6-8-17(23)9-7-14/h2-11H,12-13H2,1H3,(H,24,29). The zero-order chi connectivity index (χ0) is 22.5. The van der Waals surface area contributed by atoms with Crippen LogP contribution in [0.1, 0.15) is 20.7 Å². The average Bonchev–Trinajstić information content (AvgIpc) is 3.25. The SMILES string of the molecule is COC(=O)c1ccc(C(=O)NCCOc2ccc3nnc(-c4ccc(F)cc4)n3n2)cc1. The lowest BCUT2D eigenvalue weighted by Crippen LogP contribution is -2.28. The number of fused-ring (bicyclic) bond motifs is 1. The maximum absolute atomic E-state index is 13.2. The third-order valence-corrected chi connectivity index (χ3v) is 4.55. The topological polar surface area (TPSA) is 108 Å². The predicted molar refractivity (Wildman–Crippen MR) is 112 cm³/mol. The summed E-state index contributed by atoms with van der Waals surface area (Å²) in [6, 6.07) is 15.3. The van der Waals surface area contributed by atoms with Crippen molar-refractivity contribution in [3.8, 4) is 17.3 Å². The number of hydrogen-bond donors (Lipinski definition) is 1. The van der Waals surface area contributed by atoms with Gasteiger partial charge in [0.05, 0.1) is 19.2 Å². The van der Waals surface area contributed by atoms with E-state index in [4.69, 9.17) is 4.74 Å². The lowest BCUT2D eigenvalue weighted by Gasteiger charge is -2.08. The van der Waals surface area contributed by atoms with Crippen LogP contribution in [0, 0.1) is 5.82 Å². The van der Waals surface area contributed by atoms with Gasteiger partial charge in [-0.05, 0) is 54.6 Å². The van der Waals surface area contributed by atoms with Gasteiger partial charge < -0.3 is 14.8 Å². The number of ether oxygens (including phenoxy) is 2. The number of nitrogens with one attached hydrogen (secondary N) is 1. The molecule has 2 heterocycles. The molecule has 1 amide bonds. The van der Waals surface area contributed by atoms with Gasteiger partial charge in [-0.25, -0.2) is 9.18 Å². The highest BCUT2D eigenvalue weighted by Gasteiger charge is 2.11. The van der Waals surface area contributed by atoms with E-state index in [-0.39, 0.29) is 24.9 Å². The zero-order valence-electron chi connectivity index (χ0n) is 17.0. The van der Waals surface area contributed by atoms with Crippen molar-refractivity contribution in [2.75, 3.05) is 20.3 Å². The molecule has 0 radical (unpaired) electrons. The van der Waals surface area contributed by atoms with Crippen LogP contribution >= 0.6 is 0 Å². The Balaban J connectivity index is 1.35. The second kappa shape index (κ2) is 9.21. The first-order valence-electron chi connectivity index (χ1n) is 9.63. The normalized spacial score (nSPS) is 10.7. The summed E-state index contributed by atoms with van der Waals surface area (Å²) < 4.78 is 24.9. The number of rotatable bonds is 7. The first-order chi connectivity index (χ1) is 15.5. The molecule has 2 aromatic carbocycles. The van der Waals surface area contributed by atoms with Gasteiger partial charge in [0.2, 0.25) is 5.88 Å². The number of benzene rings is 2. The summed E-state index contributed by atoms with van der Waals surface area (Å²) in [5.74, 6) is -0.344. The van der Waals surface area contributed by atoms with Gasteiger partial charge in [-0.1, -0.05) is 0 Å². The summed E-state index contributed by atoms with van der Waals surface area (Å²) >= 11 is 0. The molecule has 0 saturated carbocycles. The molecule has 0 fully saturated rings. The molecule has 9 nitrogen and oxygen atoms in total. The molecule has 10 heteroatoms. The number of carbonyl (C=O) groups excluding carboxylic acids is 2. The molecule has 0 aliphatic heterocycles. The molecule has 0 aliphatic carbocycles. The van der Waals surface area contributed by atoms with Crippen molar-refractivity contribution >= 4 is 17.5 Å². The predicted octanol–water partition coefficient (Wildman–Crippen LogP) is 2.53. The van der Waals surface area contributed by atoms with E-state index < -0.39 is 5.97 Å². The van der Waals surface area contributed by atoms with E-state index in [9.17, 15) is 14.0 Å². The summed E-state index contributed by atoms with van der Waals surface area (Å²) in [6.45, 7) is 0.419. The summed E-state index contributed by atoms with van der Waals surface area (Å²) in [5, 5.41) is 15.2.